The predicted octanol–water partition coefficient (Wildman–Crippen LogP) is 2.77. The van der Waals surface area contributed by atoms with Crippen LogP contribution < -0.4 is 15.0 Å². The Morgan fingerprint density at radius 2 is 2.00 bits per heavy atom. The molecule has 0 saturated carbocycles. The summed E-state index contributed by atoms with van der Waals surface area (Å²) in [6.45, 7) is 0.388. The fourth-order valence-electron chi connectivity index (χ4n) is 3.04. The summed E-state index contributed by atoms with van der Waals surface area (Å²) in [6, 6.07) is 11.3. The molecule has 142 valence electrons. The third-order valence-electron chi connectivity index (χ3n) is 4.25. The molecule has 2 aromatic rings. The molecule has 3 rings (SSSR count). The summed E-state index contributed by atoms with van der Waals surface area (Å²) in [6.07, 6.45) is 1.66. The average molecular weight is 372 g/mol. The number of nitrogens with zero attached hydrogens (tertiary/aromatic N) is 1. The first-order valence-corrected chi connectivity index (χ1v) is 8.68. The maximum atomic E-state index is 13.5. The van der Waals surface area contributed by atoms with Crippen LogP contribution in [0.4, 0.5) is 15.8 Å². The molecule has 0 radical (unpaired) electrons. The molecule has 1 heterocycles. The Hall–Kier alpha value is -2.93. The summed E-state index contributed by atoms with van der Waals surface area (Å²) in [7, 11) is 1.49. The monoisotopic (exact) mass is 372 g/mol. The first kappa shape index (κ1) is 18.8. The first-order valence-electron chi connectivity index (χ1n) is 8.68. The van der Waals surface area contributed by atoms with Crippen LogP contribution in [0.3, 0.4) is 0 Å². The van der Waals surface area contributed by atoms with Crippen molar-refractivity contribution in [3.8, 4) is 5.75 Å². The van der Waals surface area contributed by atoms with Gasteiger partial charge in [-0.1, -0.05) is 12.1 Å². The Bertz CT molecular complexity index is 840. The number of ether oxygens (including phenoxy) is 2. The minimum absolute atomic E-state index is 0.0328. The van der Waals surface area contributed by atoms with Crippen molar-refractivity contribution in [1.29, 1.82) is 0 Å². The third kappa shape index (κ3) is 4.62. The van der Waals surface area contributed by atoms with E-state index in [4.69, 9.17) is 9.47 Å². The van der Waals surface area contributed by atoms with Gasteiger partial charge in [-0.25, -0.2) is 4.39 Å². The van der Waals surface area contributed by atoms with Crippen LogP contribution in [0.1, 0.15) is 12.0 Å². The zero-order chi connectivity index (χ0) is 19.2. The van der Waals surface area contributed by atoms with Crippen molar-refractivity contribution < 1.29 is 23.5 Å². The molecular weight excluding hydrogens is 351 g/mol. The van der Waals surface area contributed by atoms with Crippen molar-refractivity contribution in [3.05, 3.63) is 53.8 Å². The number of carbonyl (C=O) groups is 2. The van der Waals surface area contributed by atoms with E-state index in [0.29, 0.717) is 12.2 Å². The van der Waals surface area contributed by atoms with Gasteiger partial charge in [0.05, 0.1) is 0 Å². The van der Waals surface area contributed by atoms with E-state index in [0.717, 1.165) is 24.1 Å². The molecule has 0 aliphatic carbocycles. The van der Waals surface area contributed by atoms with E-state index in [1.54, 1.807) is 23.1 Å². The van der Waals surface area contributed by atoms with Gasteiger partial charge in [0, 0.05) is 25.0 Å². The lowest BCUT2D eigenvalue weighted by Crippen LogP contribution is -2.37. The number of halogens is 1. The highest BCUT2D eigenvalue weighted by molar-refractivity contribution is 5.96. The van der Waals surface area contributed by atoms with Crippen LogP contribution in [0, 0.1) is 5.82 Å². The van der Waals surface area contributed by atoms with Crippen LogP contribution in [0.2, 0.25) is 0 Å². The van der Waals surface area contributed by atoms with E-state index in [1.165, 1.54) is 19.2 Å². The van der Waals surface area contributed by atoms with Crippen molar-refractivity contribution in [2.75, 3.05) is 37.1 Å². The molecule has 27 heavy (non-hydrogen) atoms. The zero-order valence-corrected chi connectivity index (χ0v) is 15.0. The largest absolute Gasteiger partial charge is 0.481 e. The maximum absolute atomic E-state index is 13.5. The SMILES string of the molecule is COCC(=O)N1CCCc2cc(NC(=O)COc3ccccc3F)ccc21. The number of para-hydroxylation sites is 1. The van der Waals surface area contributed by atoms with Crippen molar-refractivity contribution >= 4 is 23.2 Å². The van der Waals surface area contributed by atoms with Crippen LogP contribution in [-0.4, -0.2) is 38.7 Å². The summed E-state index contributed by atoms with van der Waals surface area (Å²) >= 11 is 0. The van der Waals surface area contributed by atoms with Gasteiger partial charge in [0.2, 0.25) is 0 Å². The van der Waals surface area contributed by atoms with Gasteiger partial charge in [-0.15, -0.1) is 0 Å². The van der Waals surface area contributed by atoms with Gasteiger partial charge in [-0.05, 0) is 48.7 Å². The Morgan fingerprint density at radius 1 is 1.19 bits per heavy atom. The highest BCUT2D eigenvalue weighted by atomic mass is 19.1. The predicted molar refractivity (Wildman–Crippen MR) is 99.5 cm³/mol. The molecule has 6 nitrogen and oxygen atoms in total. The van der Waals surface area contributed by atoms with E-state index in [-0.39, 0.29) is 30.8 Å². The Labute approximate surface area is 156 Å². The van der Waals surface area contributed by atoms with E-state index < -0.39 is 5.82 Å². The Morgan fingerprint density at radius 3 is 2.78 bits per heavy atom. The van der Waals surface area contributed by atoms with E-state index in [1.807, 2.05) is 12.1 Å². The molecule has 1 N–H and O–H groups in total. The van der Waals surface area contributed by atoms with Crippen molar-refractivity contribution in [2.24, 2.45) is 0 Å². The number of amides is 2. The minimum Gasteiger partial charge on any atom is -0.481 e. The van der Waals surface area contributed by atoms with Crippen LogP contribution in [0.25, 0.3) is 0 Å². The molecule has 0 spiro atoms. The second kappa shape index (κ2) is 8.64. The number of carbonyl (C=O) groups excluding carboxylic acids is 2. The lowest BCUT2D eigenvalue weighted by atomic mass is 10.0. The fraction of sp³-hybridized carbons (Fsp3) is 0.300. The van der Waals surface area contributed by atoms with E-state index >= 15 is 0 Å². The summed E-state index contributed by atoms with van der Waals surface area (Å²) in [5.74, 6) is -0.958. The molecule has 0 saturated heterocycles. The number of methoxy groups -OCH3 is 1. The molecule has 0 atom stereocenters. The number of rotatable bonds is 6. The van der Waals surface area contributed by atoms with Crippen molar-refractivity contribution in [1.82, 2.24) is 0 Å². The number of benzene rings is 2. The lowest BCUT2D eigenvalue weighted by molar-refractivity contribution is -0.122. The molecule has 1 aliphatic heterocycles. The average Bonchev–Trinajstić information content (AvgIpc) is 2.67. The van der Waals surface area contributed by atoms with Crippen molar-refractivity contribution in [2.45, 2.75) is 12.8 Å². The molecule has 0 unspecified atom stereocenters. The highest BCUT2D eigenvalue weighted by Gasteiger charge is 2.22. The molecule has 2 amide bonds. The second-order valence-corrected chi connectivity index (χ2v) is 6.19. The Balaban J connectivity index is 1.64. The summed E-state index contributed by atoms with van der Waals surface area (Å²) in [5, 5.41) is 2.74. The van der Waals surface area contributed by atoms with Crippen LogP contribution in [0.5, 0.6) is 5.75 Å². The number of hydrogen-bond donors (Lipinski definition) is 1. The quantitative estimate of drug-likeness (QED) is 0.847. The van der Waals surface area contributed by atoms with Crippen LogP contribution in [-0.2, 0) is 20.7 Å². The number of fused-ring (bicyclic) bond motifs is 1. The molecule has 0 bridgehead atoms. The summed E-state index contributed by atoms with van der Waals surface area (Å²) in [5.41, 5.74) is 2.43. The molecule has 7 heteroatoms. The van der Waals surface area contributed by atoms with Gasteiger partial charge >= 0.3 is 0 Å². The van der Waals surface area contributed by atoms with Gasteiger partial charge in [0.25, 0.3) is 11.8 Å². The fourth-order valence-corrected chi connectivity index (χ4v) is 3.04. The zero-order valence-electron chi connectivity index (χ0n) is 15.0. The van der Waals surface area contributed by atoms with Crippen LogP contribution >= 0.6 is 0 Å². The smallest absolute Gasteiger partial charge is 0.262 e. The van der Waals surface area contributed by atoms with Gasteiger partial charge in [0.15, 0.2) is 18.2 Å². The van der Waals surface area contributed by atoms with E-state index in [2.05, 4.69) is 5.32 Å². The van der Waals surface area contributed by atoms with Crippen LogP contribution in [0.15, 0.2) is 42.5 Å². The molecule has 1 aliphatic rings. The van der Waals surface area contributed by atoms with Gasteiger partial charge < -0.3 is 19.7 Å². The number of hydrogen-bond acceptors (Lipinski definition) is 4. The summed E-state index contributed by atoms with van der Waals surface area (Å²) in [4.78, 5) is 25.9. The molecule has 0 fully saturated rings. The summed E-state index contributed by atoms with van der Waals surface area (Å²) < 4.78 is 23.7. The Kier molecular flexibility index (Phi) is 6.03. The molecular formula is C20H21FN2O4. The maximum Gasteiger partial charge on any atom is 0.262 e. The molecule has 2 aromatic carbocycles. The second-order valence-electron chi connectivity index (χ2n) is 6.19. The first-order chi connectivity index (χ1) is 13.1. The topological polar surface area (TPSA) is 67.9 Å². The third-order valence-corrected chi connectivity index (χ3v) is 4.25. The molecule has 0 aromatic heterocycles. The van der Waals surface area contributed by atoms with Crippen molar-refractivity contribution in [3.63, 3.8) is 0 Å². The number of anilines is 2. The number of nitrogens with one attached hydrogen (secondary N) is 1. The van der Waals surface area contributed by atoms with Gasteiger partial charge in [0.1, 0.15) is 6.61 Å². The normalized spacial score (nSPS) is 13.0. The van der Waals surface area contributed by atoms with Gasteiger partial charge in [-0.3, -0.25) is 9.59 Å². The number of aryl methyl sites for hydroxylation is 1. The lowest BCUT2D eigenvalue weighted by Gasteiger charge is -2.29. The van der Waals surface area contributed by atoms with Gasteiger partial charge in [-0.2, -0.15) is 0 Å². The van der Waals surface area contributed by atoms with E-state index in [9.17, 15) is 14.0 Å². The minimum atomic E-state index is -0.514. The highest BCUT2D eigenvalue weighted by Crippen LogP contribution is 2.30. The standard InChI is InChI=1S/C20H21FN2O4/c1-26-13-20(25)23-10-4-5-14-11-15(8-9-17(14)23)22-19(24)12-27-18-7-3-2-6-16(18)21/h2-3,6-9,11H,4-5,10,12-13H2,1H3,(H,22,24).